The zero-order valence-corrected chi connectivity index (χ0v) is 11.3. The van der Waals surface area contributed by atoms with Crippen molar-refractivity contribution < 1.29 is 15.0 Å². The van der Waals surface area contributed by atoms with Gasteiger partial charge in [0.15, 0.2) is 0 Å². The van der Waals surface area contributed by atoms with Gasteiger partial charge in [0, 0.05) is 11.7 Å². The van der Waals surface area contributed by atoms with Crippen LogP contribution in [0.1, 0.15) is 48.3 Å². The predicted molar refractivity (Wildman–Crippen MR) is 72.6 cm³/mol. The molecule has 0 saturated heterocycles. The van der Waals surface area contributed by atoms with E-state index in [0.29, 0.717) is 12.2 Å². The number of carboxylic acids is 1. The molecule has 1 aliphatic carbocycles. The van der Waals surface area contributed by atoms with Gasteiger partial charge >= 0.3 is 5.97 Å². The predicted octanol–water partition coefficient (Wildman–Crippen LogP) is 1.84. The Bertz CT molecular complexity index is 486. The van der Waals surface area contributed by atoms with Crippen molar-refractivity contribution in [3.63, 3.8) is 0 Å². The SMILES string of the molecule is CC(O)CC(C)Nc1nc2c(cc1C(=O)O)CCC2. The van der Waals surface area contributed by atoms with Gasteiger partial charge in [-0.2, -0.15) is 0 Å². The average Bonchev–Trinajstić information content (AvgIpc) is 2.73. The first-order chi connectivity index (χ1) is 8.97. The van der Waals surface area contributed by atoms with Crippen LogP contribution >= 0.6 is 0 Å². The molecule has 0 aliphatic heterocycles. The van der Waals surface area contributed by atoms with E-state index in [1.54, 1.807) is 13.0 Å². The molecule has 0 radical (unpaired) electrons. The van der Waals surface area contributed by atoms with E-state index in [-0.39, 0.29) is 11.6 Å². The fraction of sp³-hybridized carbons (Fsp3) is 0.571. The van der Waals surface area contributed by atoms with Crippen molar-refractivity contribution in [3.8, 4) is 0 Å². The fourth-order valence-corrected chi connectivity index (χ4v) is 2.55. The molecule has 0 aromatic carbocycles. The molecule has 0 bridgehead atoms. The van der Waals surface area contributed by atoms with Crippen molar-refractivity contribution in [2.24, 2.45) is 0 Å². The lowest BCUT2D eigenvalue weighted by molar-refractivity contribution is 0.0697. The second-order valence-corrected chi connectivity index (χ2v) is 5.28. The number of aromatic carboxylic acids is 1. The third kappa shape index (κ3) is 3.23. The highest BCUT2D eigenvalue weighted by molar-refractivity contribution is 5.93. The maximum absolute atomic E-state index is 11.3. The molecule has 0 amide bonds. The topological polar surface area (TPSA) is 82.5 Å². The van der Waals surface area contributed by atoms with Gasteiger partial charge in [0.05, 0.1) is 6.10 Å². The summed E-state index contributed by atoms with van der Waals surface area (Å²) in [6, 6.07) is 1.71. The Morgan fingerprint density at radius 1 is 1.47 bits per heavy atom. The summed E-state index contributed by atoms with van der Waals surface area (Å²) >= 11 is 0. The summed E-state index contributed by atoms with van der Waals surface area (Å²) in [5.41, 5.74) is 2.26. The van der Waals surface area contributed by atoms with E-state index in [9.17, 15) is 15.0 Å². The number of pyridine rings is 1. The van der Waals surface area contributed by atoms with Gasteiger partial charge in [-0.15, -0.1) is 0 Å². The molecule has 5 heteroatoms. The number of fused-ring (bicyclic) bond motifs is 1. The Kier molecular flexibility index (Phi) is 4.04. The standard InChI is InChI=1S/C14H20N2O3/c1-8(6-9(2)17)15-13-11(14(18)19)7-10-4-3-5-12(10)16-13/h7-9,17H,3-6H2,1-2H3,(H,15,16)(H,18,19). The Morgan fingerprint density at radius 3 is 2.84 bits per heavy atom. The monoisotopic (exact) mass is 264 g/mol. The number of nitrogens with one attached hydrogen (secondary N) is 1. The Balaban J connectivity index is 2.25. The van der Waals surface area contributed by atoms with Crippen LogP contribution < -0.4 is 5.32 Å². The van der Waals surface area contributed by atoms with Crippen LogP contribution in [0.2, 0.25) is 0 Å². The van der Waals surface area contributed by atoms with Crippen molar-refractivity contribution in [2.75, 3.05) is 5.32 Å². The summed E-state index contributed by atoms with van der Waals surface area (Å²) in [5.74, 6) is -0.546. The maximum Gasteiger partial charge on any atom is 0.339 e. The second kappa shape index (κ2) is 5.57. The lowest BCUT2D eigenvalue weighted by Crippen LogP contribution is -2.23. The first-order valence-corrected chi connectivity index (χ1v) is 6.68. The number of hydrogen-bond donors (Lipinski definition) is 3. The van der Waals surface area contributed by atoms with Crippen LogP contribution in [0.5, 0.6) is 0 Å². The highest BCUT2D eigenvalue weighted by Crippen LogP contribution is 2.26. The normalized spacial score (nSPS) is 16.8. The van der Waals surface area contributed by atoms with Gasteiger partial charge in [-0.1, -0.05) is 0 Å². The highest BCUT2D eigenvalue weighted by atomic mass is 16.4. The number of anilines is 1. The van der Waals surface area contributed by atoms with Gasteiger partial charge in [0.25, 0.3) is 0 Å². The minimum Gasteiger partial charge on any atom is -0.478 e. The van der Waals surface area contributed by atoms with Gasteiger partial charge in [-0.25, -0.2) is 9.78 Å². The van der Waals surface area contributed by atoms with Gasteiger partial charge in [0.1, 0.15) is 11.4 Å². The van der Waals surface area contributed by atoms with Gasteiger partial charge in [0.2, 0.25) is 0 Å². The number of rotatable bonds is 5. The molecule has 2 atom stereocenters. The van der Waals surface area contributed by atoms with Crippen LogP contribution in [0.4, 0.5) is 5.82 Å². The number of carboxylic acid groups (broad SMARTS) is 1. The number of aromatic nitrogens is 1. The van der Waals surface area contributed by atoms with Crippen LogP contribution in [0, 0.1) is 0 Å². The van der Waals surface area contributed by atoms with Crippen molar-refractivity contribution in [3.05, 3.63) is 22.9 Å². The first-order valence-electron chi connectivity index (χ1n) is 6.68. The van der Waals surface area contributed by atoms with E-state index in [0.717, 1.165) is 30.5 Å². The van der Waals surface area contributed by atoms with Crippen molar-refractivity contribution in [2.45, 2.75) is 51.7 Å². The van der Waals surface area contributed by atoms with E-state index >= 15 is 0 Å². The van der Waals surface area contributed by atoms with E-state index < -0.39 is 12.1 Å². The number of aryl methyl sites for hydroxylation is 2. The lowest BCUT2D eigenvalue weighted by atomic mass is 10.1. The fourth-order valence-electron chi connectivity index (χ4n) is 2.55. The van der Waals surface area contributed by atoms with Crippen molar-refractivity contribution >= 4 is 11.8 Å². The summed E-state index contributed by atoms with van der Waals surface area (Å²) in [6.07, 6.45) is 2.98. The van der Waals surface area contributed by atoms with Crippen LogP contribution in [0.25, 0.3) is 0 Å². The number of aliphatic hydroxyl groups excluding tert-OH is 1. The Labute approximate surface area is 112 Å². The minimum atomic E-state index is -0.964. The Morgan fingerprint density at radius 2 is 2.21 bits per heavy atom. The van der Waals surface area contributed by atoms with E-state index in [1.807, 2.05) is 6.92 Å². The summed E-state index contributed by atoms with van der Waals surface area (Å²) in [5, 5.41) is 21.7. The highest BCUT2D eigenvalue weighted by Gasteiger charge is 2.21. The van der Waals surface area contributed by atoms with Crippen molar-refractivity contribution in [1.82, 2.24) is 4.98 Å². The molecule has 1 aliphatic rings. The molecule has 1 aromatic rings. The lowest BCUT2D eigenvalue weighted by Gasteiger charge is -2.18. The number of hydrogen-bond acceptors (Lipinski definition) is 4. The molecule has 104 valence electrons. The minimum absolute atomic E-state index is 0.0231. The molecule has 5 nitrogen and oxygen atoms in total. The molecule has 1 aromatic heterocycles. The summed E-state index contributed by atoms with van der Waals surface area (Å²) in [7, 11) is 0. The van der Waals surface area contributed by atoms with E-state index in [1.165, 1.54) is 0 Å². The van der Waals surface area contributed by atoms with Crippen molar-refractivity contribution in [1.29, 1.82) is 0 Å². The number of aliphatic hydroxyl groups is 1. The molecule has 3 N–H and O–H groups in total. The van der Waals surface area contributed by atoms with Crippen LogP contribution in [0.3, 0.4) is 0 Å². The largest absolute Gasteiger partial charge is 0.478 e. The molecule has 2 rings (SSSR count). The molecular formula is C14H20N2O3. The second-order valence-electron chi connectivity index (χ2n) is 5.28. The third-order valence-corrected chi connectivity index (χ3v) is 3.36. The summed E-state index contributed by atoms with van der Waals surface area (Å²) in [6.45, 7) is 3.62. The summed E-state index contributed by atoms with van der Waals surface area (Å²) < 4.78 is 0. The van der Waals surface area contributed by atoms with Gasteiger partial charge in [-0.05, 0) is 51.2 Å². The number of nitrogens with zero attached hydrogens (tertiary/aromatic N) is 1. The molecule has 0 spiro atoms. The van der Waals surface area contributed by atoms with Gasteiger partial charge in [-0.3, -0.25) is 0 Å². The summed E-state index contributed by atoms with van der Waals surface area (Å²) in [4.78, 5) is 15.7. The molecule has 1 heterocycles. The molecule has 2 unspecified atom stereocenters. The quantitative estimate of drug-likeness (QED) is 0.756. The molecular weight excluding hydrogens is 244 g/mol. The smallest absolute Gasteiger partial charge is 0.339 e. The number of carbonyl (C=O) groups is 1. The zero-order valence-electron chi connectivity index (χ0n) is 11.3. The maximum atomic E-state index is 11.3. The Hall–Kier alpha value is -1.62. The van der Waals surface area contributed by atoms with Crippen LogP contribution in [-0.4, -0.2) is 33.3 Å². The molecule has 19 heavy (non-hydrogen) atoms. The first kappa shape index (κ1) is 13.8. The molecule has 0 fully saturated rings. The van der Waals surface area contributed by atoms with E-state index in [2.05, 4.69) is 10.3 Å². The zero-order chi connectivity index (χ0) is 14.0. The van der Waals surface area contributed by atoms with Gasteiger partial charge < -0.3 is 15.5 Å². The third-order valence-electron chi connectivity index (χ3n) is 3.36. The molecule has 0 saturated carbocycles. The van der Waals surface area contributed by atoms with Crippen LogP contribution in [0.15, 0.2) is 6.07 Å². The van der Waals surface area contributed by atoms with Crippen LogP contribution in [-0.2, 0) is 12.8 Å². The van der Waals surface area contributed by atoms with E-state index in [4.69, 9.17) is 0 Å². The average molecular weight is 264 g/mol.